The Balaban J connectivity index is 1.57. The predicted octanol–water partition coefficient (Wildman–Crippen LogP) is 3.96. The Labute approximate surface area is 141 Å². The number of nitrogens with one attached hydrogen (secondary N) is 1. The van der Waals surface area contributed by atoms with Gasteiger partial charge in [0.15, 0.2) is 5.13 Å². The topological polar surface area (TPSA) is 68.0 Å². The molecule has 0 bridgehead atoms. The van der Waals surface area contributed by atoms with E-state index in [1.54, 1.807) is 11.3 Å². The van der Waals surface area contributed by atoms with Gasteiger partial charge in [-0.15, -0.1) is 11.3 Å². The van der Waals surface area contributed by atoms with Crippen LogP contribution >= 0.6 is 11.3 Å². The van der Waals surface area contributed by atoms with E-state index in [4.69, 9.17) is 5.73 Å². The molecule has 0 saturated heterocycles. The molecule has 3 rings (SSSR count). The molecule has 1 heterocycles. The van der Waals surface area contributed by atoms with E-state index in [-0.39, 0.29) is 5.91 Å². The first-order valence-electron chi connectivity index (χ1n) is 8.34. The number of nitrogens with zero attached hydrogens (tertiary/aromatic N) is 1. The number of aromatic nitrogens is 1. The van der Waals surface area contributed by atoms with Gasteiger partial charge in [-0.2, -0.15) is 0 Å². The molecule has 4 nitrogen and oxygen atoms in total. The third-order valence-corrected chi connectivity index (χ3v) is 5.34. The molecule has 5 heteroatoms. The first-order valence-corrected chi connectivity index (χ1v) is 9.16. The molecule has 122 valence electrons. The van der Waals surface area contributed by atoms with Crippen LogP contribution in [0.3, 0.4) is 0 Å². The van der Waals surface area contributed by atoms with Crippen LogP contribution in [0.15, 0.2) is 24.3 Å². The monoisotopic (exact) mass is 329 g/mol. The molecule has 1 aliphatic carbocycles. The SMILES string of the molecule is Nc1ccccc1CCC(=O)Nc1nc2c(s1)CCCCCC2. The van der Waals surface area contributed by atoms with Crippen molar-refractivity contribution in [2.45, 2.75) is 51.4 Å². The maximum absolute atomic E-state index is 12.2. The van der Waals surface area contributed by atoms with Crippen LogP contribution in [0.25, 0.3) is 0 Å². The van der Waals surface area contributed by atoms with Crippen LogP contribution in [0.1, 0.15) is 48.2 Å². The molecule has 0 fully saturated rings. The molecule has 0 unspecified atom stereocenters. The van der Waals surface area contributed by atoms with Gasteiger partial charge in [0.2, 0.25) is 5.91 Å². The number of nitrogens with two attached hydrogens (primary N) is 1. The molecule has 1 aromatic carbocycles. The summed E-state index contributed by atoms with van der Waals surface area (Å²) < 4.78 is 0. The van der Waals surface area contributed by atoms with E-state index >= 15 is 0 Å². The molecule has 0 radical (unpaired) electrons. The molecule has 0 spiro atoms. The van der Waals surface area contributed by atoms with Gasteiger partial charge < -0.3 is 11.1 Å². The van der Waals surface area contributed by atoms with Crippen molar-refractivity contribution in [2.24, 2.45) is 0 Å². The van der Waals surface area contributed by atoms with Gasteiger partial charge in [-0.1, -0.05) is 31.0 Å². The Morgan fingerprint density at radius 2 is 1.96 bits per heavy atom. The number of thiazole rings is 1. The number of benzene rings is 1. The molecule has 1 aliphatic rings. The van der Waals surface area contributed by atoms with E-state index in [9.17, 15) is 4.79 Å². The average molecular weight is 329 g/mol. The molecule has 0 aliphatic heterocycles. The Morgan fingerprint density at radius 3 is 2.78 bits per heavy atom. The fourth-order valence-electron chi connectivity index (χ4n) is 2.95. The summed E-state index contributed by atoms with van der Waals surface area (Å²) in [6, 6.07) is 7.69. The summed E-state index contributed by atoms with van der Waals surface area (Å²) in [6.07, 6.45) is 8.26. The molecule has 2 aromatic rings. The number of anilines is 2. The van der Waals surface area contributed by atoms with E-state index in [1.807, 2.05) is 24.3 Å². The van der Waals surface area contributed by atoms with Gasteiger partial charge in [-0.25, -0.2) is 4.98 Å². The van der Waals surface area contributed by atoms with Crippen LogP contribution in [0.4, 0.5) is 10.8 Å². The second-order valence-corrected chi connectivity index (χ2v) is 7.13. The molecule has 1 aromatic heterocycles. The van der Waals surface area contributed by atoms with Crippen LogP contribution in [0.5, 0.6) is 0 Å². The highest BCUT2D eigenvalue weighted by Gasteiger charge is 2.14. The molecule has 1 amide bonds. The maximum atomic E-state index is 12.2. The van der Waals surface area contributed by atoms with Gasteiger partial charge in [0, 0.05) is 17.0 Å². The van der Waals surface area contributed by atoms with Crippen molar-refractivity contribution in [2.75, 3.05) is 11.1 Å². The van der Waals surface area contributed by atoms with Crippen LogP contribution in [0.2, 0.25) is 0 Å². The van der Waals surface area contributed by atoms with Crippen LogP contribution in [-0.4, -0.2) is 10.9 Å². The number of nitrogen functional groups attached to an aromatic ring is 1. The minimum Gasteiger partial charge on any atom is -0.399 e. The van der Waals surface area contributed by atoms with Crippen LogP contribution in [-0.2, 0) is 24.1 Å². The summed E-state index contributed by atoms with van der Waals surface area (Å²) in [5, 5.41) is 3.71. The second kappa shape index (κ2) is 7.59. The van der Waals surface area contributed by atoms with Gasteiger partial charge in [-0.05, 0) is 43.7 Å². The first-order chi connectivity index (χ1) is 11.2. The highest BCUT2D eigenvalue weighted by atomic mass is 32.1. The molecular weight excluding hydrogens is 306 g/mol. The summed E-state index contributed by atoms with van der Waals surface area (Å²) in [5.41, 5.74) is 8.88. The van der Waals surface area contributed by atoms with Crippen molar-refractivity contribution in [3.63, 3.8) is 0 Å². The standard InChI is InChI=1S/C18H23N3OS/c19-14-8-6-5-7-13(14)11-12-17(22)21-18-20-15-9-3-1-2-4-10-16(15)23-18/h5-8H,1-4,9-12,19H2,(H,20,21,22). The molecule has 23 heavy (non-hydrogen) atoms. The third kappa shape index (κ3) is 4.32. The number of hydrogen-bond acceptors (Lipinski definition) is 4. The van der Waals surface area contributed by atoms with Crippen molar-refractivity contribution in [3.05, 3.63) is 40.4 Å². The van der Waals surface area contributed by atoms with E-state index in [0.717, 1.165) is 29.2 Å². The lowest BCUT2D eigenvalue weighted by molar-refractivity contribution is -0.116. The summed E-state index contributed by atoms with van der Waals surface area (Å²) in [5.74, 6) is 0.00924. The molecule has 0 saturated carbocycles. The lowest BCUT2D eigenvalue weighted by Crippen LogP contribution is -2.12. The lowest BCUT2D eigenvalue weighted by Gasteiger charge is -2.06. The molecular formula is C18H23N3OS. The van der Waals surface area contributed by atoms with Crippen molar-refractivity contribution < 1.29 is 4.79 Å². The van der Waals surface area contributed by atoms with E-state index in [0.29, 0.717) is 12.8 Å². The van der Waals surface area contributed by atoms with Gasteiger partial charge >= 0.3 is 0 Å². The smallest absolute Gasteiger partial charge is 0.226 e. The zero-order chi connectivity index (χ0) is 16.1. The number of fused-ring (bicyclic) bond motifs is 1. The van der Waals surface area contributed by atoms with Crippen LogP contribution in [0, 0.1) is 0 Å². The fourth-order valence-corrected chi connectivity index (χ4v) is 4.02. The van der Waals surface area contributed by atoms with Gasteiger partial charge in [0.05, 0.1) is 5.69 Å². The van der Waals surface area contributed by atoms with E-state index < -0.39 is 0 Å². The second-order valence-electron chi connectivity index (χ2n) is 6.05. The first kappa shape index (κ1) is 16.0. The summed E-state index contributed by atoms with van der Waals surface area (Å²) >= 11 is 1.64. The number of hydrogen-bond donors (Lipinski definition) is 2. The quantitative estimate of drug-likeness (QED) is 0.834. The Bertz CT molecular complexity index is 655. The highest BCUT2D eigenvalue weighted by Crippen LogP contribution is 2.28. The van der Waals surface area contributed by atoms with Gasteiger partial charge in [0.1, 0.15) is 0 Å². The summed E-state index contributed by atoms with van der Waals surface area (Å²) in [7, 11) is 0. The van der Waals surface area contributed by atoms with E-state index in [2.05, 4.69) is 10.3 Å². The molecule has 3 N–H and O–H groups in total. The number of para-hydroxylation sites is 1. The average Bonchev–Trinajstić information content (AvgIpc) is 2.87. The van der Waals surface area contributed by atoms with Crippen molar-refractivity contribution in [1.29, 1.82) is 0 Å². The number of carbonyl (C=O) groups excluding carboxylic acids is 1. The maximum Gasteiger partial charge on any atom is 0.226 e. The third-order valence-electron chi connectivity index (χ3n) is 4.27. The zero-order valence-corrected chi connectivity index (χ0v) is 14.1. The van der Waals surface area contributed by atoms with E-state index in [1.165, 1.54) is 36.3 Å². The molecule has 0 atom stereocenters. The minimum atomic E-state index is 0.00924. The number of aryl methyl sites for hydroxylation is 3. The minimum absolute atomic E-state index is 0.00924. The Hall–Kier alpha value is -1.88. The highest BCUT2D eigenvalue weighted by molar-refractivity contribution is 7.15. The summed E-state index contributed by atoms with van der Waals surface area (Å²) in [4.78, 5) is 18.1. The zero-order valence-electron chi connectivity index (χ0n) is 13.3. The van der Waals surface area contributed by atoms with Gasteiger partial charge in [0.25, 0.3) is 0 Å². The fraction of sp³-hybridized carbons (Fsp3) is 0.444. The Morgan fingerprint density at radius 1 is 1.17 bits per heavy atom. The van der Waals surface area contributed by atoms with Crippen molar-refractivity contribution in [3.8, 4) is 0 Å². The van der Waals surface area contributed by atoms with Crippen molar-refractivity contribution >= 4 is 28.1 Å². The summed E-state index contributed by atoms with van der Waals surface area (Å²) in [6.45, 7) is 0. The number of rotatable bonds is 4. The van der Waals surface area contributed by atoms with Crippen LogP contribution < -0.4 is 11.1 Å². The van der Waals surface area contributed by atoms with Crippen molar-refractivity contribution in [1.82, 2.24) is 4.98 Å². The van der Waals surface area contributed by atoms with Gasteiger partial charge in [-0.3, -0.25) is 4.79 Å². The number of carbonyl (C=O) groups is 1. The lowest BCUT2D eigenvalue weighted by atomic mass is 10.0. The number of amides is 1. The largest absolute Gasteiger partial charge is 0.399 e. The predicted molar refractivity (Wildman–Crippen MR) is 95.8 cm³/mol. The normalized spacial score (nSPS) is 14.6. The Kier molecular flexibility index (Phi) is 5.28.